The van der Waals surface area contributed by atoms with E-state index in [2.05, 4.69) is 15.6 Å². The largest absolute Gasteiger partial charge is 0.373 e. The van der Waals surface area contributed by atoms with Gasteiger partial charge >= 0.3 is 0 Å². The van der Waals surface area contributed by atoms with Gasteiger partial charge < -0.3 is 15.4 Å². The predicted molar refractivity (Wildman–Crippen MR) is 97.8 cm³/mol. The Labute approximate surface area is 151 Å². The monoisotopic (exact) mass is 357 g/mol. The molecule has 0 aromatic carbocycles. The fourth-order valence-electron chi connectivity index (χ4n) is 3.58. The van der Waals surface area contributed by atoms with Crippen molar-refractivity contribution in [2.24, 2.45) is 0 Å². The van der Waals surface area contributed by atoms with Crippen LogP contribution in [0.15, 0.2) is 18.3 Å². The first-order chi connectivity index (χ1) is 12.2. The summed E-state index contributed by atoms with van der Waals surface area (Å²) in [4.78, 5) is 19.0. The van der Waals surface area contributed by atoms with E-state index in [0.717, 1.165) is 54.4 Å². The van der Waals surface area contributed by atoms with E-state index in [9.17, 15) is 4.79 Å². The summed E-state index contributed by atoms with van der Waals surface area (Å²) in [6.07, 6.45) is 5.27. The van der Waals surface area contributed by atoms with Gasteiger partial charge in [0.15, 0.2) is 0 Å². The molecular weight excluding hydrogens is 334 g/mol. The maximum atomic E-state index is 12.6. The Hall–Kier alpha value is -1.76. The molecule has 1 saturated heterocycles. The first kappa shape index (κ1) is 16.7. The standard InChI is InChI=1S/C19H23N3O2S/c1-12-15(14-6-7-20-9-13(14)10-21-12)11-22-19(23)18-5-4-17(25-18)16-3-2-8-24-16/h4-5,10,16,20H,2-3,6-9,11H2,1H3,(H,22,23)/t16-/m0/s1. The lowest BCUT2D eigenvalue weighted by atomic mass is 9.96. The molecule has 0 saturated carbocycles. The molecule has 0 aliphatic carbocycles. The lowest BCUT2D eigenvalue weighted by Gasteiger charge is -2.21. The molecule has 0 radical (unpaired) electrons. The van der Waals surface area contributed by atoms with Gasteiger partial charge in [-0.05, 0) is 61.6 Å². The van der Waals surface area contributed by atoms with E-state index in [1.807, 2.05) is 25.3 Å². The number of amides is 1. The average Bonchev–Trinajstić information content (AvgIpc) is 3.32. The summed E-state index contributed by atoms with van der Waals surface area (Å²) in [6, 6.07) is 3.94. The molecule has 4 heterocycles. The van der Waals surface area contributed by atoms with Crippen LogP contribution in [-0.4, -0.2) is 24.0 Å². The third-order valence-electron chi connectivity index (χ3n) is 4.99. The minimum absolute atomic E-state index is 0.0137. The number of carbonyl (C=O) groups excluding carboxylic acids is 1. The molecule has 6 heteroatoms. The summed E-state index contributed by atoms with van der Waals surface area (Å²) in [6.45, 7) is 5.22. The zero-order chi connectivity index (χ0) is 17.2. The molecule has 2 N–H and O–H groups in total. The normalized spacial score (nSPS) is 19.6. The van der Waals surface area contributed by atoms with Crippen LogP contribution in [0.1, 0.15) is 55.9 Å². The fourth-order valence-corrected chi connectivity index (χ4v) is 4.59. The molecule has 0 unspecified atom stereocenters. The summed E-state index contributed by atoms with van der Waals surface area (Å²) >= 11 is 1.54. The molecule has 1 amide bonds. The van der Waals surface area contributed by atoms with Gasteiger partial charge in [-0.2, -0.15) is 0 Å². The number of nitrogens with one attached hydrogen (secondary N) is 2. The number of thiophene rings is 1. The van der Waals surface area contributed by atoms with Gasteiger partial charge in [-0.15, -0.1) is 11.3 Å². The number of fused-ring (bicyclic) bond motifs is 1. The molecular formula is C19H23N3O2S. The number of ether oxygens (including phenoxy) is 1. The van der Waals surface area contributed by atoms with E-state index in [1.54, 1.807) is 11.3 Å². The van der Waals surface area contributed by atoms with Crippen LogP contribution in [0.4, 0.5) is 0 Å². The van der Waals surface area contributed by atoms with Crippen molar-refractivity contribution in [1.82, 2.24) is 15.6 Å². The molecule has 0 bridgehead atoms. The van der Waals surface area contributed by atoms with Crippen molar-refractivity contribution in [2.75, 3.05) is 13.2 Å². The highest BCUT2D eigenvalue weighted by Crippen LogP contribution is 2.33. The van der Waals surface area contributed by atoms with E-state index < -0.39 is 0 Å². The van der Waals surface area contributed by atoms with Crippen molar-refractivity contribution in [3.05, 3.63) is 50.5 Å². The zero-order valence-corrected chi connectivity index (χ0v) is 15.2. The first-order valence-corrected chi connectivity index (χ1v) is 9.70. The highest BCUT2D eigenvalue weighted by atomic mass is 32.1. The van der Waals surface area contributed by atoms with Gasteiger partial charge in [-0.25, -0.2) is 0 Å². The Balaban J connectivity index is 1.45. The first-order valence-electron chi connectivity index (χ1n) is 8.89. The third-order valence-corrected chi connectivity index (χ3v) is 6.17. The number of hydrogen-bond donors (Lipinski definition) is 2. The molecule has 0 spiro atoms. The van der Waals surface area contributed by atoms with Crippen LogP contribution in [-0.2, 0) is 24.2 Å². The lowest BCUT2D eigenvalue weighted by molar-refractivity contribution is 0.0955. The molecule has 4 rings (SSSR count). The number of carbonyl (C=O) groups is 1. The molecule has 132 valence electrons. The molecule has 2 aromatic rings. The average molecular weight is 357 g/mol. The Morgan fingerprint density at radius 2 is 2.40 bits per heavy atom. The van der Waals surface area contributed by atoms with Crippen molar-refractivity contribution < 1.29 is 9.53 Å². The van der Waals surface area contributed by atoms with E-state index in [4.69, 9.17) is 4.74 Å². The SMILES string of the molecule is Cc1ncc2c(c1CNC(=O)c1ccc([C@@H]3CCCO3)s1)CCNC2. The highest BCUT2D eigenvalue weighted by molar-refractivity contribution is 7.14. The molecule has 2 aromatic heterocycles. The minimum Gasteiger partial charge on any atom is -0.373 e. The third kappa shape index (κ3) is 3.47. The van der Waals surface area contributed by atoms with Gasteiger partial charge in [0.05, 0.1) is 11.0 Å². The summed E-state index contributed by atoms with van der Waals surface area (Å²) < 4.78 is 5.70. The van der Waals surface area contributed by atoms with Crippen LogP contribution < -0.4 is 10.6 Å². The van der Waals surface area contributed by atoms with Crippen LogP contribution in [0.25, 0.3) is 0 Å². The minimum atomic E-state index is -0.0137. The summed E-state index contributed by atoms with van der Waals surface area (Å²) in [7, 11) is 0. The zero-order valence-electron chi connectivity index (χ0n) is 14.4. The van der Waals surface area contributed by atoms with Gasteiger partial charge in [0.25, 0.3) is 5.91 Å². The summed E-state index contributed by atoms with van der Waals surface area (Å²) in [5, 5.41) is 6.45. The second kappa shape index (κ2) is 7.23. The van der Waals surface area contributed by atoms with Crippen molar-refractivity contribution in [3.63, 3.8) is 0 Å². The molecule has 1 atom stereocenters. The van der Waals surface area contributed by atoms with Gasteiger partial charge in [0.1, 0.15) is 0 Å². The smallest absolute Gasteiger partial charge is 0.261 e. The van der Waals surface area contributed by atoms with Crippen LogP contribution >= 0.6 is 11.3 Å². The number of hydrogen-bond acceptors (Lipinski definition) is 5. The quantitative estimate of drug-likeness (QED) is 0.883. The maximum absolute atomic E-state index is 12.6. The summed E-state index contributed by atoms with van der Waals surface area (Å²) in [5.41, 5.74) is 4.77. The van der Waals surface area contributed by atoms with Crippen LogP contribution in [0.2, 0.25) is 0 Å². The Morgan fingerprint density at radius 3 is 3.24 bits per heavy atom. The van der Waals surface area contributed by atoms with Crippen molar-refractivity contribution >= 4 is 17.2 Å². The number of nitrogens with zero attached hydrogens (tertiary/aromatic N) is 1. The van der Waals surface area contributed by atoms with Gasteiger partial charge in [0.2, 0.25) is 0 Å². The number of rotatable bonds is 4. The molecule has 25 heavy (non-hydrogen) atoms. The van der Waals surface area contributed by atoms with E-state index in [0.29, 0.717) is 6.54 Å². The van der Waals surface area contributed by atoms with Gasteiger partial charge in [-0.1, -0.05) is 0 Å². The Kier molecular flexibility index (Phi) is 4.83. The maximum Gasteiger partial charge on any atom is 0.261 e. The lowest BCUT2D eigenvalue weighted by Crippen LogP contribution is -2.28. The predicted octanol–water partition coefficient (Wildman–Crippen LogP) is 2.88. The van der Waals surface area contributed by atoms with Crippen molar-refractivity contribution in [2.45, 2.75) is 45.4 Å². The second-order valence-corrected chi connectivity index (χ2v) is 7.75. The van der Waals surface area contributed by atoms with Crippen molar-refractivity contribution in [3.8, 4) is 0 Å². The molecule has 2 aliphatic heterocycles. The highest BCUT2D eigenvalue weighted by Gasteiger charge is 2.21. The topological polar surface area (TPSA) is 63.2 Å². The molecule has 1 fully saturated rings. The Morgan fingerprint density at radius 1 is 1.48 bits per heavy atom. The van der Waals surface area contributed by atoms with Crippen molar-refractivity contribution in [1.29, 1.82) is 0 Å². The summed E-state index contributed by atoms with van der Waals surface area (Å²) in [5.74, 6) is -0.0137. The number of pyridine rings is 1. The van der Waals surface area contributed by atoms with E-state index >= 15 is 0 Å². The molecule has 2 aliphatic rings. The van der Waals surface area contributed by atoms with Crippen LogP contribution in [0.5, 0.6) is 0 Å². The fraction of sp³-hybridized carbons (Fsp3) is 0.474. The van der Waals surface area contributed by atoms with Gasteiger partial charge in [0, 0.05) is 36.5 Å². The van der Waals surface area contributed by atoms with E-state index in [-0.39, 0.29) is 12.0 Å². The van der Waals surface area contributed by atoms with E-state index in [1.165, 1.54) is 16.7 Å². The number of aryl methyl sites for hydroxylation is 1. The second-order valence-electron chi connectivity index (χ2n) is 6.64. The molecule has 5 nitrogen and oxygen atoms in total. The van der Waals surface area contributed by atoms with Gasteiger partial charge in [-0.3, -0.25) is 9.78 Å². The van der Waals surface area contributed by atoms with Crippen LogP contribution in [0.3, 0.4) is 0 Å². The van der Waals surface area contributed by atoms with Crippen LogP contribution in [0, 0.1) is 6.92 Å². The Bertz CT molecular complexity index is 781. The number of aromatic nitrogens is 1.